The van der Waals surface area contributed by atoms with E-state index in [0.717, 1.165) is 51.4 Å². The van der Waals surface area contributed by atoms with Crippen LogP contribution in [0.25, 0.3) is 0 Å². The highest BCUT2D eigenvalue weighted by Gasteiger charge is 2.03. The molecule has 0 aliphatic heterocycles. The average Bonchev–Trinajstić information content (AvgIpc) is 2.57. The van der Waals surface area contributed by atoms with Crippen LogP contribution < -0.4 is 0 Å². The molecular weight excluding hydrogens is 304 g/mol. The zero-order valence-corrected chi connectivity index (χ0v) is 15.7. The Morgan fingerprint density at radius 1 is 0.750 bits per heavy atom. The summed E-state index contributed by atoms with van der Waals surface area (Å²) < 4.78 is 10.2. The van der Waals surface area contributed by atoms with Crippen molar-refractivity contribution in [1.82, 2.24) is 0 Å². The predicted octanol–water partition coefficient (Wildman–Crippen LogP) is 5.35. The summed E-state index contributed by atoms with van der Waals surface area (Å²) in [5, 5.41) is 0. The highest BCUT2D eigenvalue weighted by Crippen LogP contribution is 2.10. The van der Waals surface area contributed by atoms with E-state index in [-0.39, 0.29) is 11.9 Å². The molecule has 0 heterocycles. The van der Waals surface area contributed by atoms with Crippen LogP contribution in [0.2, 0.25) is 0 Å². The molecule has 4 nitrogen and oxygen atoms in total. The standard InChI is InChI=1S/C20H36O4/c1-3-5-7-14-18-24-20(22)16-13-11-9-8-10-12-15-19(21)23-17-6-4-2/h4,6H,3,5,7-18H2,1-2H3/b6-4+. The lowest BCUT2D eigenvalue weighted by Gasteiger charge is -2.05. The van der Waals surface area contributed by atoms with E-state index in [4.69, 9.17) is 9.47 Å². The Bertz CT molecular complexity index is 337. The van der Waals surface area contributed by atoms with Crippen LogP contribution in [0, 0.1) is 0 Å². The monoisotopic (exact) mass is 340 g/mol. The number of rotatable bonds is 16. The van der Waals surface area contributed by atoms with Crippen molar-refractivity contribution in [1.29, 1.82) is 0 Å². The predicted molar refractivity (Wildman–Crippen MR) is 97.8 cm³/mol. The van der Waals surface area contributed by atoms with Gasteiger partial charge in [0.1, 0.15) is 6.61 Å². The summed E-state index contributed by atoms with van der Waals surface area (Å²) in [5.41, 5.74) is 0. The van der Waals surface area contributed by atoms with Gasteiger partial charge in [-0.3, -0.25) is 9.59 Å². The number of carbonyl (C=O) groups excluding carboxylic acids is 2. The number of hydrogen-bond donors (Lipinski definition) is 0. The molecule has 0 aliphatic rings. The summed E-state index contributed by atoms with van der Waals surface area (Å²) in [4.78, 5) is 22.9. The second-order valence-corrected chi connectivity index (χ2v) is 6.15. The van der Waals surface area contributed by atoms with Crippen LogP contribution in [-0.4, -0.2) is 25.2 Å². The Balaban J connectivity index is 3.26. The third kappa shape index (κ3) is 17.0. The van der Waals surface area contributed by atoms with Gasteiger partial charge >= 0.3 is 11.9 Å². The van der Waals surface area contributed by atoms with E-state index in [0.29, 0.717) is 26.1 Å². The van der Waals surface area contributed by atoms with Crippen LogP contribution in [0.5, 0.6) is 0 Å². The summed E-state index contributed by atoms with van der Waals surface area (Å²) in [7, 11) is 0. The molecule has 0 radical (unpaired) electrons. The molecule has 140 valence electrons. The number of esters is 2. The Morgan fingerprint density at radius 2 is 1.29 bits per heavy atom. The van der Waals surface area contributed by atoms with E-state index < -0.39 is 0 Å². The van der Waals surface area contributed by atoms with Gasteiger partial charge in [0, 0.05) is 12.8 Å². The van der Waals surface area contributed by atoms with Gasteiger partial charge in [0.15, 0.2) is 0 Å². The van der Waals surface area contributed by atoms with Crippen LogP contribution in [0.1, 0.15) is 90.9 Å². The Kier molecular flexibility index (Phi) is 17.0. The van der Waals surface area contributed by atoms with Crippen molar-refractivity contribution in [3.63, 3.8) is 0 Å². The Hall–Kier alpha value is -1.32. The van der Waals surface area contributed by atoms with Crippen molar-refractivity contribution in [3.05, 3.63) is 12.2 Å². The molecule has 4 heteroatoms. The van der Waals surface area contributed by atoms with Gasteiger partial charge in [-0.1, -0.05) is 64.0 Å². The molecule has 0 aliphatic carbocycles. The first kappa shape index (κ1) is 22.7. The maximum Gasteiger partial charge on any atom is 0.306 e. The molecule has 24 heavy (non-hydrogen) atoms. The maximum atomic E-state index is 11.5. The molecule has 0 aromatic rings. The van der Waals surface area contributed by atoms with Crippen LogP contribution in [0.3, 0.4) is 0 Å². The van der Waals surface area contributed by atoms with E-state index in [1.807, 2.05) is 19.1 Å². The van der Waals surface area contributed by atoms with Crippen molar-refractivity contribution in [2.75, 3.05) is 13.2 Å². The van der Waals surface area contributed by atoms with Gasteiger partial charge in [0.2, 0.25) is 0 Å². The maximum absolute atomic E-state index is 11.5. The molecule has 0 saturated heterocycles. The molecule has 0 rings (SSSR count). The van der Waals surface area contributed by atoms with Crippen LogP contribution >= 0.6 is 0 Å². The van der Waals surface area contributed by atoms with Crippen molar-refractivity contribution in [3.8, 4) is 0 Å². The molecule has 0 spiro atoms. The Morgan fingerprint density at radius 3 is 1.88 bits per heavy atom. The van der Waals surface area contributed by atoms with Crippen LogP contribution in [0.4, 0.5) is 0 Å². The first-order valence-electron chi connectivity index (χ1n) is 9.63. The number of carbonyl (C=O) groups is 2. The van der Waals surface area contributed by atoms with Crippen molar-refractivity contribution in [2.45, 2.75) is 90.9 Å². The van der Waals surface area contributed by atoms with Gasteiger partial charge in [0.05, 0.1) is 6.61 Å². The summed E-state index contributed by atoms with van der Waals surface area (Å²) in [6, 6.07) is 0. The lowest BCUT2D eigenvalue weighted by atomic mass is 10.1. The van der Waals surface area contributed by atoms with E-state index in [1.165, 1.54) is 12.8 Å². The van der Waals surface area contributed by atoms with Gasteiger partial charge < -0.3 is 9.47 Å². The van der Waals surface area contributed by atoms with Crippen LogP contribution in [0.15, 0.2) is 12.2 Å². The van der Waals surface area contributed by atoms with Crippen molar-refractivity contribution in [2.24, 2.45) is 0 Å². The fraction of sp³-hybridized carbons (Fsp3) is 0.800. The topological polar surface area (TPSA) is 52.6 Å². The number of allylic oxidation sites excluding steroid dienone is 1. The summed E-state index contributed by atoms with van der Waals surface area (Å²) in [6.07, 6.45) is 15.4. The minimum Gasteiger partial charge on any atom is -0.466 e. The zero-order valence-electron chi connectivity index (χ0n) is 15.7. The number of hydrogen-bond acceptors (Lipinski definition) is 4. The Labute approximate surface area is 148 Å². The van der Waals surface area contributed by atoms with Gasteiger partial charge in [-0.25, -0.2) is 0 Å². The first-order chi connectivity index (χ1) is 11.7. The molecule has 0 unspecified atom stereocenters. The normalized spacial score (nSPS) is 10.9. The summed E-state index contributed by atoms with van der Waals surface area (Å²) in [6.45, 7) is 5.02. The third-order valence-electron chi connectivity index (χ3n) is 3.85. The fourth-order valence-electron chi connectivity index (χ4n) is 2.34. The SMILES string of the molecule is C/C=C/COC(=O)CCCCCCCCC(=O)OCCCCCC. The molecule has 0 aromatic heterocycles. The van der Waals surface area contributed by atoms with Gasteiger partial charge in [-0.15, -0.1) is 0 Å². The highest BCUT2D eigenvalue weighted by atomic mass is 16.5. The molecular formula is C20H36O4. The van der Waals surface area contributed by atoms with Gasteiger partial charge in [-0.05, 0) is 26.2 Å². The molecule has 0 aromatic carbocycles. The minimum absolute atomic E-state index is 0.0598. The van der Waals surface area contributed by atoms with Gasteiger partial charge in [-0.2, -0.15) is 0 Å². The van der Waals surface area contributed by atoms with Crippen LogP contribution in [-0.2, 0) is 19.1 Å². The minimum atomic E-state index is -0.116. The largest absolute Gasteiger partial charge is 0.466 e. The lowest BCUT2D eigenvalue weighted by molar-refractivity contribution is -0.144. The van der Waals surface area contributed by atoms with E-state index >= 15 is 0 Å². The van der Waals surface area contributed by atoms with Crippen molar-refractivity contribution >= 4 is 11.9 Å². The summed E-state index contributed by atoms with van der Waals surface area (Å²) >= 11 is 0. The smallest absolute Gasteiger partial charge is 0.306 e. The lowest BCUT2D eigenvalue weighted by Crippen LogP contribution is -2.05. The number of unbranched alkanes of at least 4 members (excludes halogenated alkanes) is 8. The molecule has 0 amide bonds. The molecule has 0 N–H and O–H groups in total. The van der Waals surface area contributed by atoms with Crippen molar-refractivity contribution < 1.29 is 19.1 Å². The second kappa shape index (κ2) is 18.0. The second-order valence-electron chi connectivity index (χ2n) is 6.15. The third-order valence-corrected chi connectivity index (χ3v) is 3.85. The quantitative estimate of drug-likeness (QED) is 0.216. The van der Waals surface area contributed by atoms with E-state index in [2.05, 4.69) is 6.92 Å². The van der Waals surface area contributed by atoms with E-state index in [9.17, 15) is 9.59 Å². The first-order valence-corrected chi connectivity index (χ1v) is 9.63. The molecule has 0 atom stereocenters. The highest BCUT2D eigenvalue weighted by molar-refractivity contribution is 5.69. The average molecular weight is 341 g/mol. The zero-order chi connectivity index (χ0) is 17.9. The van der Waals surface area contributed by atoms with Gasteiger partial charge in [0.25, 0.3) is 0 Å². The fourth-order valence-corrected chi connectivity index (χ4v) is 2.34. The molecule has 0 fully saturated rings. The summed E-state index contributed by atoms with van der Waals surface area (Å²) in [5.74, 6) is -0.176. The number of ether oxygens (including phenoxy) is 2. The molecule has 0 saturated carbocycles. The van der Waals surface area contributed by atoms with E-state index in [1.54, 1.807) is 0 Å². The molecule has 0 bridgehead atoms.